The van der Waals surface area contributed by atoms with Gasteiger partial charge in [-0.25, -0.2) is 4.79 Å². The van der Waals surface area contributed by atoms with Crippen LogP contribution in [0.25, 0.3) is 0 Å². The van der Waals surface area contributed by atoms with Gasteiger partial charge in [0.05, 0.1) is 0 Å². The van der Waals surface area contributed by atoms with E-state index in [1.807, 2.05) is 60.7 Å². The number of carbonyl (C=O) groups excluding carboxylic acids is 2. The van der Waals surface area contributed by atoms with Gasteiger partial charge in [0.2, 0.25) is 5.91 Å². The highest BCUT2D eigenvalue weighted by molar-refractivity contribution is 5.86. The number of nitrogens with one attached hydrogen (secondary N) is 1. The Hall–Kier alpha value is -2.92. The van der Waals surface area contributed by atoms with Crippen LogP contribution in [-0.2, 0) is 25.7 Å². The van der Waals surface area contributed by atoms with Crippen molar-refractivity contribution in [1.82, 2.24) is 5.32 Å². The molecule has 0 aliphatic carbocycles. The normalized spacial score (nSPS) is 11.4. The van der Waals surface area contributed by atoms with E-state index in [2.05, 4.69) is 11.9 Å². The summed E-state index contributed by atoms with van der Waals surface area (Å²) >= 11 is 0. The van der Waals surface area contributed by atoms with E-state index in [0.717, 1.165) is 17.5 Å². The minimum absolute atomic E-state index is 0.192. The number of rotatable bonds is 11. The minimum Gasteiger partial charge on any atom is -0.459 e. The van der Waals surface area contributed by atoms with Crippen LogP contribution in [-0.4, -0.2) is 25.0 Å². The van der Waals surface area contributed by atoms with Crippen molar-refractivity contribution < 1.29 is 19.1 Å². The standard InChI is InChI=1S/C22H25NO4/c1-2-20(24)23-15-9-10-16-26-21(19-13-7-4-8-14-19)22(25)27-17-18-11-5-3-6-12-18/h2-8,11-14,21H,1,9-10,15-17H2,(H,23,24). The van der Waals surface area contributed by atoms with Gasteiger partial charge in [-0.2, -0.15) is 0 Å². The van der Waals surface area contributed by atoms with E-state index in [4.69, 9.17) is 9.47 Å². The number of unbranched alkanes of at least 4 members (excludes halogenated alkanes) is 1. The Labute approximate surface area is 160 Å². The van der Waals surface area contributed by atoms with E-state index in [1.54, 1.807) is 0 Å². The molecule has 5 heteroatoms. The van der Waals surface area contributed by atoms with Gasteiger partial charge in [-0.3, -0.25) is 4.79 Å². The summed E-state index contributed by atoms with van der Waals surface area (Å²) in [6, 6.07) is 18.8. The van der Waals surface area contributed by atoms with Crippen LogP contribution >= 0.6 is 0 Å². The van der Waals surface area contributed by atoms with Crippen LogP contribution in [0.2, 0.25) is 0 Å². The summed E-state index contributed by atoms with van der Waals surface area (Å²) in [6.07, 6.45) is 1.94. The molecule has 1 N–H and O–H groups in total. The quantitative estimate of drug-likeness (QED) is 0.375. The molecule has 0 saturated carbocycles. The van der Waals surface area contributed by atoms with Gasteiger partial charge in [0, 0.05) is 13.2 Å². The van der Waals surface area contributed by atoms with Crippen LogP contribution in [0.1, 0.15) is 30.1 Å². The molecular weight excluding hydrogens is 342 g/mol. The van der Waals surface area contributed by atoms with Gasteiger partial charge in [-0.05, 0) is 30.0 Å². The first-order chi connectivity index (χ1) is 13.2. The molecule has 0 bridgehead atoms. The molecule has 0 spiro atoms. The number of hydrogen-bond acceptors (Lipinski definition) is 4. The van der Waals surface area contributed by atoms with Crippen molar-refractivity contribution in [2.75, 3.05) is 13.2 Å². The number of hydrogen-bond donors (Lipinski definition) is 1. The van der Waals surface area contributed by atoms with Gasteiger partial charge in [0.15, 0.2) is 6.10 Å². The Balaban J connectivity index is 1.85. The van der Waals surface area contributed by atoms with E-state index in [-0.39, 0.29) is 12.5 Å². The molecule has 0 radical (unpaired) electrons. The molecule has 5 nitrogen and oxygen atoms in total. The van der Waals surface area contributed by atoms with Crippen molar-refractivity contribution in [1.29, 1.82) is 0 Å². The second kappa shape index (κ2) is 11.6. The van der Waals surface area contributed by atoms with Crippen molar-refractivity contribution in [3.63, 3.8) is 0 Å². The topological polar surface area (TPSA) is 64.6 Å². The Morgan fingerprint density at radius 2 is 1.67 bits per heavy atom. The number of carbonyl (C=O) groups is 2. The number of esters is 1. The van der Waals surface area contributed by atoms with Crippen LogP contribution in [0.15, 0.2) is 73.3 Å². The van der Waals surface area contributed by atoms with Crippen molar-refractivity contribution in [2.24, 2.45) is 0 Å². The number of benzene rings is 2. The highest BCUT2D eigenvalue weighted by Crippen LogP contribution is 2.20. The lowest BCUT2D eigenvalue weighted by molar-refractivity contribution is -0.159. The number of amides is 1. The van der Waals surface area contributed by atoms with Gasteiger partial charge in [0.1, 0.15) is 6.61 Å². The second-order valence-electron chi connectivity index (χ2n) is 5.96. The van der Waals surface area contributed by atoms with E-state index in [0.29, 0.717) is 19.6 Å². The number of ether oxygens (including phenoxy) is 2. The first-order valence-corrected chi connectivity index (χ1v) is 8.98. The Morgan fingerprint density at radius 3 is 2.33 bits per heavy atom. The molecule has 2 aromatic rings. The third-order valence-corrected chi connectivity index (χ3v) is 3.88. The summed E-state index contributed by atoms with van der Waals surface area (Å²) in [5, 5.41) is 2.71. The molecule has 142 valence electrons. The summed E-state index contributed by atoms with van der Waals surface area (Å²) in [6.45, 7) is 4.55. The Morgan fingerprint density at radius 1 is 1.00 bits per heavy atom. The molecule has 0 saturated heterocycles. The third kappa shape index (κ3) is 7.46. The van der Waals surface area contributed by atoms with E-state index in [9.17, 15) is 9.59 Å². The van der Waals surface area contributed by atoms with Crippen LogP contribution in [0.5, 0.6) is 0 Å². The molecule has 0 aliphatic rings. The molecule has 0 heterocycles. The SMILES string of the molecule is C=CC(=O)NCCCCOC(C(=O)OCc1ccccc1)c1ccccc1. The zero-order chi connectivity index (χ0) is 19.3. The maximum Gasteiger partial charge on any atom is 0.340 e. The fraction of sp³-hybridized carbons (Fsp3) is 0.273. The zero-order valence-corrected chi connectivity index (χ0v) is 15.3. The van der Waals surface area contributed by atoms with E-state index < -0.39 is 12.1 Å². The summed E-state index contributed by atoms with van der Waals surface area (Å²) in [4.78, 5) is 23.6. The first-order valence-electron chi connectivity index (χ1n) is 8.98. The van der Waals surface area contributed by atoms with Crippen molar-refractivity contribution in [2.45, 2.75) is 25.6 Å². The lowest BCUT2D eigenvalue weighted by Crippen LogP contribution is -2.23. The second-order valence-corrected chi connectivity index (χ2v) is 5.96. The molecule has 2 aromatic carbocycles. The van der Waals surface area contributed by atoms with E-state index >= 15 is 0 Å². The van der Waals surface area contributed by atoms with Crippen molar-refractivity contribution >= 4 is 11.9 Å². The monoisotopic (exact) mass is 367 g/mol. The molecule has 27 heavy (non-hydrogen) atoms. The van der Waals surface area contributed by atoms with Crippen LogP contribution in [0.4, 0.5) is 0 Å². The third-order valence-electron chi connectivity index (χ3n) is 3.88. The van der Waals surface area contributed by atoms with Crippen LogP contribution in [0.3, 0.4) is 0 Å². The molecule has 1 atom stereocenters. The van der Waals surface area contributed by atoms with Gasteiger partial charge in [-0.15, -0.1) is 0 Å². The summed E-state index contributed by atoms with van der Waals surface area (Å²) in [5.74, 6) is -0.604. The van der Waals surface area contributed by atoms with Gasteiger partial charge in [-0.1, -0.05) is 67.2 Å². The fourth-order valence-electron chi connectivity index (χ4n) is 2.44. The largest absolute Gasteiger partial charge is 0.459 e. The van der Waals surface area contributed by atoms with Gasteiger partial charge < -0.3 is 14.8 Å². The minimum atomic E-state index is -0.766. The summed E-state index contributed by atoms with van der Waals surface area (Å²) in [7, 11) is 0. The van der Waals surface area contributed by atoms with Crippen LogP contribution in [0, 0.1) is 0 Å². The zero-order valence-electron chi connectivity index (χ0n) is 15.3. The summed E-state index contributed by atoms with van der Waals surface area (Å²) < 4.78 is 11.2. The summed E-state index contributed by atoms with van der Waals surface area (Å²) in [5.41, 5.74) is 1.69. The molecule has 0 aliphatic heterocycles. The first kappa shape index (κ1) is 20.4. The smallest absolute Gasteiger partial charge is 0.340 e. The fourth-order valence-corrected chi connectivity index (χ4v) is 2.44. The molecule has 2 rings (SSSR count). The average Bonchev–Trinajstić information content (AvgIpc) is 2.72. The Bertz CT molecular complexity index is 716. The highest BCUT2D eigenvalue weighted by Gasteiger charge is 2.22. The van der Waals surface area contributed by atoms with Crippen molar-refractivity contribution in [3.8, 4) is 0 Å². The van der Waals surface area contributed by atoms with Crippen molar-refractivity contribution in [3.05, 3.63) is 84.4 Å². The molecule has 0 aromatic heterocycles. The lowest BCUT2D eigenvalue weighted by atomic mass is 10.1. The van der Waals surface area contributed by atoms with Gasteiger partial charge >= 0.3 is 5.97 Å². The average molecular weight is 367 g/mol. The predicted octanol–water partition coefficient (Wildman–Crippen LogP) is 3.57. The molecule has 1 amide bonds. The lowest BCUT2D eigenvalue weighted by Gasteiger charge is -2.17. The van der Waals surface area contributed by atoms with E-state index in [1.165, 1.54) is 6.08 Å². The maximum absolute atomic E-state index is 12.5. The Kier molecular flexibility index (Phi) is 8.80. The predicted molar refractivity (Wildman–Crippen MR) is 104 cm³/mol. The molecule has 0 fully saturated rings. The maximum atomic E-state index is 12.5. The van der Waals surface area contributed by atoms with Gasteiger partial charge in [0.25, 0.3) is 0 Å². The molecular formula is C22H25NO4. The highest BCUT2D eigenvalue weighted by atomic mass is 16.6. The molecule has 1 unspecified atom stereocenters. The van der Waals surface area contributed by atoms with Crippen LogP contribution < -0.4 is 5.32 Å².